The lowest BCUT2D eigenvalue weighted by molar-refractivity contribution is 0.584. The van der Waals surface area contributed by atoms with E-state index in [0.29, 0.717) is 17.1 Å². The topological polar surface area (TPSA) is 64.7 Å². The van der Waals surface area contributed by atoms with E-state index in [0.717, 1.165) is 15.6 Å². The van der Waals surface area contributed by atoms with Crippen molar-refractivity contribution in [1.82, 2.24) is 15.0 Å². The molecule has 0 bridgehead atoms. The van der Waals surface area contributed by atoms with Crippen LogP contribution < -0.4 is 5.73 Å². The average molecular weight is 345 g/mol. The van der Waals surface area contributed by atoms with Gasteiger partial charge in [0.2, 0.25) is 5.95 Å². The molecular weight excluding hydrogens is 335 g/mol. The SMILES string of the molecule is Nc1cc(Br)c(-c2ccnc(F)c2)c(-c2ccncc2)n1. The average Bonchev–Trinajstić information content (AvgIpc) is 2.47. The predicted molar refractivity (Wildman–Crippen MR) is 82.8 cm³/mol. The van der Waals surface area contributed by atoms with Crippen molar-refractivity contribution in [2.24, 2.45) is 0 Å². The molecule has 0 saturated carbocycles. The van der Waals surface area contributed by atoms with Crippen molar-refractivity contribution in [3.05, 3.63) is 59.3 Å². The van der Waals surface area contributed by atoms with Gasteiger partial charge in [-0.2, -0.15) is 4.39 Å². The molecule has 21 heavy (non-hydrogen) atoms. The van der Waals surface area contributed by atoms with E-state index >= 15 is 0 Å². The summed E-state index contributed by atoms with van der Waals surface area (Å²) in [4.78, 5) is 12.0. The summed E-state index contributed by atoms with van der Waals surface area (Å²) in [5.74, 6) is -0.163. The Kier molecular flexibility index (Phi) is 3.62. The van der Waals surface area contributed by atoms with Crippen LogP contribution in [0.1, 0.15) is 0 Å². The number of rotatable bonds is 2. The van der Waals surface area contributed by atoms with Gasteiger partial charge in [0.25, 0.3) is 0 Å². The first kappa shape index (κ1) is 13.6. The molecule has 0 saturated heterocycles. The summed E-state index contributed by atoms with van der Waals surface area (Å²) in [5.41, 5.74) is 8.78. The third-order valence-corrected chi connectivity index (χ3v) is 3.59. The van der Waals surface area contributed by atoms with Crippen molar-refractivity contribution >= 4 is 21.7 Å². The molecule has 0 aromatic carbocycles. The Bertz CT molecular complexity index is 793. The normalized spacial score (nSPS) is 10.6. The monoisotopic (exact) mass is 344 g/mol. The van der Waals surface area contributed by atoms with Gasteiger partial charge >= 0.3 is 0 Å². The zero-order chi connectivity index (χ0) is 14.8. The van der Waals surface area contributed by atoms with Gasteiger partial charge in [-0.15, -0.1) is 0 Å². The lowest BCUT2D eigenvalue weighted by atomic mass is 10.0. The van der Waals surface area contributed by atoms with Crippen molar-refractivity contribution in [2.45, 2.75) is 0 Å². The Labute approximate surface area is 129 Å². The lowest BCUT2D eigenvalue weighted by Gasteiger charge is -2.12. The molecule has 0 aliphatic heterocycles. The Morgan fingerprint density at radius 1 is 1.00 bits per heavy atom. The van der Waals surface area contributed by atoms with Crippen LogP contribution in [0.15, 0.2) is 53.4 Å². The molecule has 0 spiro atoms. The number of hydrogen-bond donors (Lipinski definition) is 1. The van der Waals surface area contributed by atoms with Crippen LogP contribution in [-0.4, -0.2) is 15.0 Å². The number of pyridine rings is 3. The van der Waals surface area contributed by atoms with E-state index in [2.05, 4.69) is 30.9 Å². The number of anilines is 1. The first-order valence-electron chi connectivity index (χ1n) is 6.13. The summed E-state index contributed by atoms with van der Waals surface area (Å²) < 4.78 is 14.2. The van der Waals surface area contributed by atoms with E-state index in [4.69, 9.17) is 5.73 Å². The van der Waals surface area contributed by atoms with Gasteiger partial charge in [-0.3, -0.25) is 4.98 Å². The van der Waals surface area contributed by atoms with Crippen LogP contribution in [0.3, 0.4) is 0 Å². The summed E-state index contributed by atoms with van der Waals surface area (Å²) in [7, 11) is 0. The number of hydrogen-bond acceptors (Lipinski definition) is 4. The molecule has 0 unspecified atom stereocenters. The Balaban J connectivity index is 2.29. The summed E-state index contributed by atoms with van der Waals surface area (Å²) in [5, 5.41) is 0. The maximum absolute atomic E-state index is 13.4. The highest BCUT2D eigenvalue weighted by atomic mass is 79.9. The Hall–Kier alpha value is -2.34. The maximum atomic E-state index is 13.4. The molecule has 0 atom stereocenters. The second-order valence-corrected chi connectivity index (χ2v) is 5.21. The predicted octanol–water partition coefficient (Wildman–Crippen LogP) is 3.69. The molecule has 4 nitrogen and oxygen atoms in total. The number of nitrogens with zero attached hydrogens (tertiary/aromatic N) is 3. The molecule has 0 aliphatic rings. The molecule has 104 valence electrons. The van der Waals surface area contributed by atoms with Crippen molar-refractivity contribution in [2.75, 3.05) is 5.73 Å². The minimum atomic E-state index is -0.545. The molecule has 3 aromatic rings. The smallest absolute Gasteiger partial charge is 0.213 e. The molecule has 3 aromatic heterocycles. The van der Waals surface area contributed by atoms with Crippen LogP contribution in [0.5, 0.6) is 0 Å². The molecular formula is C15H10BrFN4. The summed E-state index contributed by atoms with van der Waals surface area (Å²) >= 11 is 3.48. The fourth-order valence-corrected chi connectivity index (χ4v) is 2.73. The van der Waals surface area contributed by atoms with Gasteiger partial charge in [0, 0.05) is 40.3 Å². The minimum absolute atomic E-state index is 0.381. The zero-order valence-corrected chi connectivity index (χ0v) is 12.4. The summed E-state index contributed by atoms with van der Waals surface area (Å²) in [6, 6.07) is 8.44. The van der Waals surface area contributed by atoms with E-state index in [1.807, 2.05) is 12.1 Å². The van der Waals surface area contributed by atoms with Crippen molar-refractivity contribution in [3.8, 4) is 22.4 Å². The molecule has 0 radical (unpaired) electrons. The van der Waals surface area contributed by atoms with Gasteiger partial charge < -0.3 is 5.73 Å². The minimum Gasteiger partial charge on any atom is -0.384 e. The standard InChI is InChI=1S/C15H10BrFN4/c16-11-8-13(18)21-15(9-1-4-19-5-2-9)14(11)10-3-6-20-12(17)7-10/h1-8H,(H2,18,21). The van der Waals surface area contributed by atoms with E-state index < -0.39 is 5.95 Å². The maximum Gasteiger partial charge on any atom is 0.213 e. The number of nitrogens with two attached hydrogens (primary N) is 1. The van der Waals surface area contributed by atoms with Crippen LogP contribution in [0.2, 0.25) is 0 Å². The van der Waals surface area contributed by atoms with Crippen molar-refractivity contribution in [3.63, 3.8) is 0 Å². The number of aromatic nitrogens is 3. The summed E-state index contributed by atoms with van der Waals surface area (Å²) in [6.45, 7) is 0. The quantitative estimate of drug-likeness (QED) is 0.720. The third-order valence-electron chi connectivity index (χ3n) is 2.96. The van der Waals surface area contributed by atoms with Crippen molar-refractivity contribution in [1.29, 1.82) is 0 Å². The fraction of sp³-hybridized carbons (Fsp3) is 0. The Morgan fingerprint density at radius 2 is 1.71 bits per heavy atom. The first-order chi connectivity index (χ1) is 10.1. The molecule has 0 fully saturated rings. The lowest BCUT2D eigenvalue weighted by Crippen LogP contribution is -1.97. The van der Waals surface area contributed by atoms with Crippen LogP contribution in [-0.2, 0) is 0 Å². The highest BCUT2D eigenvalue weighted by Crippen LogP contribution is 2.37. The van der Waals surface area contributed by atoms with Gasteiger partial charge in [0.1, 0.15) is 5.82 Å². The zero-order valence-electron chi connectivity index (χ0n) is 10.8. The largest absolute Gasteiger partial charge is 0.384 e. The van der Waals surface area contributed by atoms with Gasteiger partial charge in [-0.1, -0.05) is 0 Å². The molecule has 6 heteroatoms. The van der Waals surface area contributed by atoms with E-state index in [-0.39, 0.29) is 0 Å². The van der Waals surface area contributed by atoms with Crippen LogP contribution in [0.25, 0.3) is 22.4 Å². The molecule has 0 aliphatic carbocycles. The number of halogens is 2. The third kappa shape index (κ3) is 2.75. The second-order valence-electron chi connectivity index (χ2n) is 4.36. The molecule has 2 N–H and O–H groups in total. The second kappa shape index (κ2) is 5.57. The van der Waals surface area contributed by atoms with Gasteiger partial charge in [-0.05, 0) is 45.8 Å². The Morgan fingerprint density at radius 3 is 2.43 bits per heavy atom. The molecule has 0 amide bonds. The van der Waals surface area contributed by atoms with Crippen LogP contribution in [0, 0.1) is 5.95 Å². The summed E-state index contributed by atoms with van der Waals surface area (Å²) in [6.07, 6.45) is 4.76. The van der Waals surface area contributed by atoms with Crippen LogP contribution in [0.4, 0.5) is 10.2 Å². The van der Waals surface area contributed by atoms with Crippen molar-refractivity contribution < 1.29 is 4.39 Å². The van der Waals surface area contributed by atoms with E-state index in [1.54, 1.807) is 24.5 Å². The van der Waals surface area contributed by atoms with Crippen LogP contribution >= 0.6 is 15.9 Å². The van der Waals surface area contributed by atoms with Gasteiger partial charge in [0.05, 0.1) is 5.69 Å². The highest BCUT2D eigenvalue weighted by molar-refractivity contribution is 9.10. The molecule has 3 heterocycles. The van der Waals surface area contributed by atoms with Gasteiger partial charge in [0.15, 0.2) is 0 Å². The highest BCUT2D eigenvalue weighted by Gasteiger charge is 2.15. The van der Waals surface area contributed by atoms with E-state index in [9.17, 15) is 4.39 Å². The van der Waals surface area contributed by atoms with Gasteiger partial charge in [-0.25, -0.2) is 9.97 Å². The first-order valence-corrected chi connectivity index (χ1v) is 6.93. The van der Waals surface area contributed by atoms with E-state index in [1.165, 1.54) is 12.3 Å². The number of nitrogen functional groups attached to an aromatic ring is 1. The molecule has 3 rings (SSSR count). The fourth-order valence-electron chi connectivity index (χ4n) is 2.08.